The topological polar surface area (TPSA) is 111 Å². The molecule has 1 amide bonds. The molecule has 0 spiro atoms. The number of halogens is 2. The Morgan fingerprint density at radius 2 is 1.96 bits per heavy atom. The highest BCUT2D eigenvalue weighted by Crippen LogP contribution is 2.25. The highest BCUT2D eigenvalue weighted by atomic mass is 35.5. The lowest BCUT2D eigenvalue weighted by Gasteiger charge is -2.10. The predicted octanol–water partition coefficient (Wildman–Crippen LogP) is 3.71. The van der Waals surface area contributed by atoms with Crippen LogP contribution in [0.4, 0.5) is 11.5 Å². The Balaban J connectivity index is 2.04. The number of benzene rings is 1. The third-order valence-electron chi connectivity index (χ3n) is 3.42. The zero-order chi connectivity index (χ0) is 19.4. The summed E-state index contributed by atoms with van der Waals surface area (Å²) in [6.45, 7) is 2.45. The van der Waals surface area contributed by atoms with E-state index in [1.807, 2.05) is 0 Å². The van der Waals surface area contributed by atoms with Gasteiger partial charge in [-0.1, -0.05) is 29.3 Å². The minimum atomic E-state index is -0.854. The lowest BCUT2D eigenvalue weighted by molar-refractivity contribution is -0.385. The summed E-state index contributed by atoms with van der Waals surface area (Å²) >= 11 is 11.8. The van der Waals surface area contributed by atoms with Crippen LogP contribution in [0.1, 0.15) is 21.6 Å². The Bertz CT molecular complexity index is 902. The van der Waals surface area contributed by atoms with Gasteiger partial charge in [-0.2, -0.15) is 0 Å². The van der Waals surface area contributed by atoms with E-state index in [0.29, 0.717) is 10.7 Å². The van der Waals surface area contributed by atoms with Crippen LogP contribution < -0.4 is 5.32 Å². The molecule has 0 aliphatic carbocycles. The van der Waals surface area contributed by atoms with Crippen molar-refractivity contribution in [1.29, 1.82) is 0 Å². The fourth-order valence-electron chi connectivity index (χ4n) is 2.07. The molecule has 0 saturated carbocycles. The van der Waals surface area contributed by atoms with Crippen molar-refractivity contribution in [3.63, 3.8) is 0 Å². The molecule has 0 bridgehead atoms. The SMILES string of the molecule is Cc1nc(NC(=O)COC(=O)c2cccc([N+](=O)[O-])c2C)c(Cl)cc1Cl. The van der Waals surface area contributed by atoms with E-state index in [0.717, 1.165) is 0 Å². The summed E-state index contributed by atoms with van der Waals surface area (Å²) in [6, 6.07) is 5.44. The first-order valence-corrected chi connectivity index (χ1v) is 8.00. The summed E-state index contributed by atoms with van der Waals surface area (Å²) in [5.41, 5.74) is 0.415. The maximum absolute atomic E-state index is 12.1. The Morgan fingerprint density at radius 1 is 1.27 bits per heavy atom. The molecule has 1 aromatic heterocycles. The predicted molar refractivity (Wildman–Crippen MR) is 95.7 cm³/mol. The molecule has 1 aromatic carbocycles. The van der Waals surface area contributed by atoms with Gasteiger partial charge < -0.3 is 10.1 Å². The minimum Gasteiger partial charge on any atom is -0.452 e. The standard InChI is InChI=1S/C16H13Cl2N3O5/c1-8-10(4-3-5-13(8)21(24)25)16(23)26-7-14(22)20-15-12(18)6-11(17)9(2)19-15/h3-6H,7H2,1-2H3,(H,19,20,22). The quantitative estimate of drug-likeness (QED) is 0.467. The van der Waals surface area contributed by atoms with Gasteiger partial charge in [-0.05, 0) is 26.0 Å². The lowest BCUT2D eigenvalue weighted by atomic mass is 10.1. The number of esters is 1. The van der Waals surface area contributed by atoms with E-state index in [-0.39, 0.29) is 27.7 Å². The summed E-state index contributed by atoms with van der Waals surface area (Å²) in [6.07, 6.45) is 0. The molecule has 0 aliphatic rings. The van der Waals surface area contributed by atoms with Gasteiger partial charge in [-0.3, -0.25) is 14.9 Å². The number of amides is 1. The second kappa shape index (κ2) is 8.11. The first kappa shape index (κ1) is 19.6. The molecule has 0 saturated heterocycles. The monoisotopic (exact) mass is 397 g/mol. The Hall–Kier alpha value is -2.71. The first-order valence-electron chi connectivity index (χ1n) is 7.24. The molecule has 2 aromatic rings. The molecule has 0 radical (unpaired) electrons. The zero-order valence-corrected chi connectivity index (χ0v) is 15.2. The van der Waals surface area contributed by atoms with Gasteiger partial charge in [0.2, 0.25) is 0 Å². The molecule has 0 fully saturated rings. The number of nitro benzene ring substituents is 1. The van der Waals surface area contributed by atoms with Gasteiger partial charge in [-0.15, -0.1) is 0 Å². The van der Waals surface area contributed by atoms with Crippen LogP contribution in [-0.4, -0.2) is 28.4 Å². The largest absolute Gasteiger partial charge is 0.452 e. The maximum Gasteiger partial charge on any atom is 0.339 e. The molecule has 0 unspecified atom stereocenters. The lowest BCUT2D eigenvalue weighted by Crippen LogP contribution is -2.22. The second-order valence-corrected chi connectivity index (χ2v) is 6.03. The number of aryl methyl sites for hydroxylation is 1. The summed E-state index contributed by atoms with van der Waals surface area (Å²) < 4.78 is 4.90. The third kappa shape index (κ3) is 4.47. The molecule has 136 valence electrons. The van der Waals surface area contributed by atoms with Crippen molar-refractivity contribution in [2.75, 3.05) is 11.9 Å². The van der Waals surface area contributed by atoms with Crippen LogP contribution in [0, 0.1) is 24.0 Å². The summed E-state index contributed by atoms with van der Waals surface area (Å²) in [5, 5.41) is 13.8. The first-order chi connectivity index (χ1) is 12.2. The van der Waals surface area contributed by atoms with E-state index in [4.69, 9.17) is 27.9 Å². The summed E-state index contributed by atoms with van der Waals surface area (Å²) in [4.78, 5) is 38.3. The Kier molecular flexibility index (Phi) is 6.12. The van der Waals surface area contributed by atoms with Crippen molar-refractivity contribution in [3.05, 3.63) is 61.2 Å². The van der Waals surface area contributed by atoms with E-state index < -0.39 is 23.4 Å². The number of hydrogen-bond acceptors (Lipinski definition) is 6. The molecule has 2 rings (SSSR count). The van der Waals surface area contributed by atoms with Gasteiger partial charge in [-0.25, -0.2) is 9.78 Å². The molecular weight excluding hydrogens is 385 g/mol. The number of ether oxygens (including phenoxy) is 1. The Labute approximate surface area is 158 Å². The van der Waals surface area contributed by atoms with Crippen LogP contribution in [0.15, 0.2) is 24.3 Å². The van der Waals surface area contributed by atoms with Crippen molar-refractivity contribution in [2.24, 2.45) is 0 Å². The summed E-state index contributed by atoms with van der Waals surface area (Å²) in [5.74, 6) is -1.44. The number of nitrogens with one attached hydrogen (secondary N) is 1. The van der Waals surface area contributed by atoms with E-state index >= 15 is 0 Å². The van der Waals surface area contributed by atoms with Gasteiger partial charge in [0.1, 0.15) is 0 Å². The molecule has 0 atom stereocenters. The molecule has 1 heterocycles. The van der Waals surface area contributed by atoms with Crippen LogP contribution in [0.3, 0.4) is 0 Å². The molecular formula is C16H13Cl2N3O5. The van der Waals surface area contributed by atoms with E-state index in [1.54, 1.807) is 6.92 Å². The van der Waals surface area contributed by atoms with Crippen molar-refractivity contribution in [3.8, 4) is 0 Å². The number of rotatable bonds is 5. The normalized spacial score (nSPS) is 10.3. The van der Waals surface area contributed by atoms with Gasteiger partial charge in [0.05, 0.1) is 26.2 Å². The van der Waals surface area contributed by atoms with Crippen LogP contribution in [0.25, 0.3) is 0 Å². The van der Waals surface area contributed by atoms with E-state index in [9.17, 15) is 19.7 Å². The van der Waals surface area contributed by atoms with E-state index in [1.165, 1.54) is 31.2 Å². The number of carbonyl (C=O) groups excluding carboxylic acids is 2. The smallest absolute Gasteiger partial charge is 0.339 e. The number of anilines is 1. The van der Waals surface area contributed by atoms with Crippen molar-refractivity contribution in [1.82, 2.24) is 4.98 Å². The third-order valence-corrected chi connectivity index (χ3v) is 4.09. The van der Waals surface area contributed by atoms with Crippen LogP contribution >= 0.6 is 23.2 Å². The number of hydrogen-bond donors (Lipinski definition) is 1. The van der Waals surface area contributed by atoms with Crippen LogP contribution in [-0.2, 0) is 9.53 Å². The molecule has 10 heteroatoms. The van der Waals surface area contributed by atoms with Gasteiger partial charge >= 0.3 is 5.97 Å². The Morgan fingerprint density at radius 3 is 2.62 bits per heavy atom. The number of pyridine rings is 1. The zero-order valence-electron chi connectivity index (χ0n) is 13.7. The van der Waals surface area contributed by atoms with E-state index in [2.05, 4.69) is 10.3 Å². The van der Waals surface area contributed by atoms with Crippen molar-refractivity contribution < 1.29 is 19.2 Å². The molecule has 0 aliphatic heterocycles. The number of aromatic nitrogens is 1. The highest BCUT2D eigenvalue weighted by molar-refractivity contribution is 6.36. The van der Waals surface area contributed by atoms with Crippen LogP contribution in [0.2, 0.25) is 10.0 Å². The van der Waals surface area contributed by atoms with Crippen LogP contribution in [0.5, 0.6) is 0 Å². The number of nitro groups is 1. The molecule has 26 heavy (non-hydrogen) atoms. The van der Waals surface area contributed by atoms with Crippen molar-refractivity contribution >= 4 is 46.6 Å². The average Bonchev–Trinajstić information content (AvgIpc) is 2.57. The molecule has 1 N–H and O–H groups in total. The van der Waals surface area contributed by atoms with Gasteiger partial charge in [0.25, 0.3) is 11.6 Å². The highest BCUT2D eigenvalue weighted by Gasteiger charge is 2.20. The minimum absolute atomic E-state index is 0.00509. The molecule has 8 nitrogen and oxygen atoms in total. The second-order valence-electron chi connectivity index (χ2n) is 5.22. The van der Waals surface area contributed by atoms with Gasteiger partial charge in [0.15, 0.2) is 12.4 Å². The van der Waals surface area contributed by atoms with Gasteiger partial charge in [0, 0.05) is 11.6 Å². The maximum atomic E-state index is 12.1. The fourth-order valence-corrected chi connectivity index (χ4v) is 2.47. The number of carbonyl (C=O) groups is 2. The number of nitrogens with zero attached hydrogens (tertiary/aromatic N) is 2. The summed E-state index contributed by atoms with van der Waals surface area (Å²) in [7, 11) is 0. The van der Waals surface area contributed by atoms with Crippen molar-refractivity contribution in [2.45, 2.75) is 13.8 Å². The average molecular weight is 398 g/mol. The fraction of sp³-hybridized carbons (Fsp3) is 0.188.